The second-order valence-electron chi connectivity index (χ2n) is 3.18. The Bertz CT molecular complexity index is 469. The summed E-state index contributed by atoms with van der Waals surface area (Å²) >= 11 is 4.69. The van der Waals surface area contributed by atoms with E-state index in [0.29, 0.717) is 5.01 Å². The van der Waals surface area contributed by atoms with Gasteiger partial charge in [0.2, 0.25) is 0 Å². The van der Waals surface area contributed by atoms with Crippen molar-refractivity contribution in [2.75, 3.05) is 7.11 Å². The third-order valence-corrected chi connectivity index (χ3v) is 3.77. The number of ether oxygens (including phenoxy) is 1. The average Bonchev–Trinajstić information content (AvgIpc) is 2.75. The summed E-state index contributed by atoms with van der Waals surface area (Å²) in [4.78, 5) is 4.18. The number of rotatable bonds is 3. The van der Waals surface area contributed by atoms with Gasteiger partial charge in [-0.3, -0.25) is 0 Å². The maximum absolute atomic E-state index is 10.1. The summed E-state index contributed by atoms with van der Waals surface area (Å²) in [6, 6.07) is 7.31. The molecule has 0 bridgehead atoms. The lowest BCUT2D eigenvalue weighted by atomic mass is 10.1. The maximum atomic E-state index is 10.1. The molecule has 0 aliphatic rings. The molecule has 1 unspecified atom stereocenters. The van der Waals surface area contributed by atoms with E-state index in [1.165, 1.54) is 11.3 Å². The van der Waals surface area contributed by atoms with Crippen LogP contribution in [0.5, 0.6) is 5.75 Å². The van der Waals surface area contributed by atoms with Crippen molar-refractivity contribution in [3.8, 4) is 5.75 Å². The topological polar surface area (TPSA) is 42.4 Å². The highest BCUT2D eigenvalue weighted by Crippen LogP contribution is 2.27. The zero-order valence-corrected chi connectivity index (χ0v) is 11.0. The summed E-state index contributed by atoms with van der Waals surface area (Å²) in [5.74, 6) is 0.774. The van der Waals surface area contributed by atoms with Crippen LogP contribution < -0.4 is 4.74 Å². The Balaban J connectivity index is 2.23. The Morgan fingerprint density at radius 3 is 2.56 bits per heavy atom. The summed E-state index contributed by atoms with van der Waals surface area (Å²) in [5, 5.41) is 12.6. The van der Waals surface area contributed by atoms with Gasteiger partial charge in [0.05, 0.1) is 7.11 Å². The van der Waals surface area contributed by atoms with Crippen molar-refractivity contribution < 1.29 is 9.84 Å². The van der Waals surface area contributed by atoms with E-state index >= 15 is 0 Å². The second kappa shape index (κ2) is 4.95. The molecule has 0 saturated heterocycles. The number of nitrogens with zero attached hydrogens (tertiary/aromatic N) is 1. The van der Waals surface area contributed by atoms with E-state index in [-0.39, 0.29) is 0 Å². The minimum absolute atomic E-state index is 0.678. The molecule has 84 valence electrons. The maximum Gasteiger partial charge on any atom is 0.131 e. The normalized spacial score (nSPS) is 12.4. The third-order valence-electron chi connectivity index (χ3n) is 2.16. The Hall–Kier alpha value is -0.910. The van der Waals surface area contributed by atoms with Gasteiger partial charge in [-0.1, -0.05) is 12.1 Å². The average molecular weight is 300 g/mol. The van der Waals surface area contributed by atoms with Gasteiger partial charge in [-0.15, -0.1) is 11.3 Å². The molecule has 3 nitrogen and oxygen atoms in total. The van der Waals surface area contributed by atoms with Crippen molar-refractivity contribution in [3.05, 3.63) is 44.8 Å². The van der Waals surface area contributed by atoms with E-state index in [9.17, 15) is 5.11 Å². The van der Waals surface area contributed by atoms with Crippen molar-refractivity contribution in [2.24, 2.45) is 0 Å². The van der Waals surface area contributed by atoms with Crippen LogP contribution in [-0.4, -0.2) is 17.2 Å². The van der Waals surface area contributed by atoms with Gasteiger partial charge < -0.3 is 9.84 Å². The lowest BCUT2D eigenvalue weighted by Gasteiger charge is -2.08. The quantitative estimate of drug-likeness (QED) is 0.947. The van der Waals surface area contributed by atoms with E-state index in [1.54, 1.807) is 7.11 Å². The van der Waals surface area contributed by atoms with Crippen LogP contribution in [0.3, 0.4) is 0 Å². The van der Waals surface area contributed by atoms with Crippen LogP contribution >= 0.6 is 27.3 Å². The van der Waals surface area contributed by atoms with E-state index in [4.69, 9.17) is 4.74 Å². The van der Waals surface area contributed by atoms with Gasteiger partial charge in [0.25, 0.3) is 0 Å². The summed E-state index contributed by atoms with van der Waals surface area (Å²) in [6.07, 6.45) is -0.679. The molecule has 16 heavy (non-hydrogen) atoms. The van der Waals surface area contributed by atoms with E-state index in [2.05, 4.69) is 20.9 Å². The number of thiazole rings is 1. The highest BCUT2D eigenvalue weighted by molar-refractivity contribution is 9.10. The molecule has 0 aliphatic heterocycles. The number of methoxy groups -OCH3 is 1. The number of aromatic nitrogens is 1. The first-order chi connectivity index (χ1) is 7.70. The van der Waals surface area contributed by atoms with Gasteiger partial charge in [-0.25, -0.2) is 4.98 Å². The van der Waals surface area contributed by atoms with Gasteiger partial charge in [0.15, 0.2) is 0 Å². The van der Waals surface area contributed by atoms with Gasteiger partial charge >= 0.3 is 0 Å². The Kier molecular flexibility index (Phi) is 3.58. The van der Waals surface area contributed by atoms with Gasteiger partial charge in [-0.05, 0) is 33.6 Å². The lowest BCUT2D eigenvalue weighted by Crippen LogP contribution is -1.98. The van der Waals surface area contributed by atoms with E-state index in [1.807, 2.05) is 29.6 Å². The fourth-order valence-corrected chi connectivity index (χ4v) is 2.60. The zero-order chi connectivity index (χ0) is 11.5. The largest absolute Gasteiger partial charge is 0.497 e. The molecule has 1 atom stereocenters. The zero-order valence-electron chi connectivity index (χ0n) is 8.55. The lowest BCUT2D eigenvalue weighted by molar-refractivity contribution is 0.219. The predicted octanol–water partition coefficient (Wildman–Crippen LogP) is 3.00. The molecule has 0 amide bonds. The molecule has 0 radical (unpaired) electrons. The van der Waals surface area contributed by atoms with Crippen LogP contribution in [-0.2, 0) is 0 Å². The molecule has 0 fully saturated rings. The number of hydrogen-bond acceptors (Lipinski definition) is 4. The molecular weight excluding hydrogens is 290 g/mol. The Labute approximate surface area is 106 Å². The highest BCUT2D eigenvalue weighted by atomic mass is 79.9. The molecule has 2 aromatic rings. The first kappa shape index (κ1) is 11.6. The molecule has 0 saturated carbocycles. The SMILES string of the molecule is COc1ccc(C(O)c2nc(Br)cs2)cc1. The summed E-state index contributed by atoms with van der Waals surface area (Å²) in [7, 11) is 1.61. The fraction of sp³-hybridized carbons (Fsp3) is 0.182. The second-order valence-corrected chi connectivity index (χ2v) is 4.89. The van der Waals surface area contributed by atoms with Crippen molar-refractivity contribution in [1.29, 1.82) is 0 Å². The molecule has 1 aromatic carbocycles. The third kappa shape index (κ3) is 2.42. The highest BCUT2D eigenvalue weighted by Gasteiger charge is 2.14. The monoisotopic (exact) mass is 299 g/mol. The van der Waals surface area contributed by atoms with Crippen LogP contribution in [0.25, 0.3) is 0 Å². The molecule has 2 rings (SSSR count). The predicted molar refractivity (Wildman–Crippen MR) is 66.9 cm³/mol. The number of hydrogen-bond donors (Lipinski definition) is 1. The van der Waals surface area contributed by atoms with Crippen LogP contribution in [0.2, 0.25) is 0 Å². The van der Waals surface area contributed by atoms with Crippen molar-refractivity contribution >= 4 is 27.3 Å². The number of aliphatic hydroxyl groups is 1. The Morgan fingerprint density at radius 1 is 1.38 bits per heavy atom. The number of benzene rings is 1. The van der Waals surface area contributed by atoms with E-state index in [0.717, 1.165) is 15.9 Å². The van der Waals surface area contributed by atoms with Gasteiger partial charge in [0.1, 0.15) is 21.5 Å². The van der Waals surface area contributed by atoms with E-state index < -0.39 is 6.10 Å². The molecular formula is C11H10BrNO2S. The van der Waals surface area contributed by atoms with Crippen molar-refractivity contribution in [1.82, 2.24) is 4.98 Å². The molecule has 0 aliphatic carbocycles. The molecule has 1 aromatic heterocycles. The fourth-order valence-electron chi connectivity index (χ4n) is 1.32. The standard InChI is InChI=1S/C11H10BrNO2S/c1-15-8-4-2-7(3-5-8)10(14)11-13-9(12)6-16-11/h2-6,10,14H,1H3. The van der Waals surface area contributed by atoms with Crippen molar-refractivity contribution in [2.45, 2.75) is 6.10 Å². The summed E-state index contributed by atoms with van der Waals surface area (Å²) in [6.45, 7) is 0. The van der Waals surface area contributed by atoms with Gasteiger partial charge in [-0.2, -0.15) is 0 Å². The van der Waals surface area contributed by atoms with Crippen LogP contribution in [0, 0.1) is 0 Å². The number of halogens is 1. The first-order valence-electron chi connectivity index (χ1n) is 4.63. The van der Waals surface area contributed by atoms with Crippen molar-refractivity contribution in [3.63, 3.8) is 0 Å². The Morgan fingerprint density at radius 2 is 2.06 bits per heavy atom. The molecule has 5 heteroatoms. The summed E-state index contributed by atoms with van der Waals surface area (Å²) in [5.41, 5.74) is 0.808. The molecule has 1 N–H and O–H groups in total. The first-order valence-corrected chi connectivity index (χ1v) is 6.31. The van der Waals surface area contributed by atoms with Crippen LogP contribution in [0.15, 0.2) is 34.2 Å². The minimum Gasteiger partial charge on any atom is -0.497 e. The van der Waals surface area contributed by atoms with Gasteiger partial charge in [0, 0.05) is 5.38 Å². The minimum atomic E-state index is -0.679. The van der Waals surface area contributed by atoms with Crippen LogP contribution in [0.4, 0.5) is 0 Å². The number of aliphatic hydroxyl groups excluding tert-OH is 1. The summed E-state index contributed by atoms with van der Waals surface area (Å²) < 4.78 is 5.81. The molecule has 1 heterocycles. The smallest absolute Gasteiger partial charge is 0.131 e. The van der Waals surface area contributed by atoms with Crippen LogP contribution in [0.1, 0.15) is 16.7 Å². The molecule has 0 spiro atoms.